The molecule has 0 aromatic heterocycles. The number of likely N-dealkylation sites (tertiary alicyclic amines) is 1. The normalized spacial score (nSPS) is 19.2. The van der Waals surface area contributed by atoms with Crippen LogP contribution in [0.3, 0.4) is 0 Å². The van der Waals surface area contributed by atoms with Crippen LogP contribution in [-0.4, -0.2) is 48.8 Å². The van der Waals surface area contributed by atoms with Gasteiger partial charge in [-0.05, 0) is 68.4 Å². The van der Waals surface area contributed by atoms with Gasteiger partial charge in [-0.2, -0.15) is 0 Å². The van der Waals surface area contributed by atoms with Gasteiger partial charge in [-0.3, -0.25) is 0 Å². The van der Waals surface area contributed by atoms with Gasteiger partial charge in [-0.25, -0.2) is 0 Å². The predicted octanol–water partition coefficient (Wildman–Crippen LogP) is 8.64. The number of benzene rings is 4. The van der Waals surface area contributed by atoms with E-state index in [4.69, 9.17) is 9.47 Å². The van der Waals surface area contributed by atoms with E-state index in [1.807, 2.05) is 41.7 Å². The molecule has 0 radical (unpaired) electrons. The van der Waals surface area contributed by atoms with Crippen LogP contribution in [-0.2, 0) is 11.3 Å². The van der Waals surface area contributed by atoms with Crippen molar-refractivity contribution < 1.29 is 9.47 Å². The molecular weight excluding hydrogens is 543 g/mol. The molecule has 3 nitrogen and oxygen atoms in total. The van der Waals surface area contributed by atoms with Gasteiger partial charge in [0.25, 0.3) is 0 Å². The molecule has 1 aliphatic heterocycles. The highest BCUT2D eigenvalue weighted by Gasteiger charge is 2.38. The highest BCUT2D eigenvalue weighted by Crippen LogP contribution is 2.45. The third kappa shape index (κ3) is 8.89. The minimum absolute atomic E-state index is 0.421. The molecule has 0 bridgehead atoms. The third-order valence-electron chi connectivity index (χ3n) is 7.48. The quantitative estimate of drug-likeness (QED) is 0.155. The minimum atomic E-state index is 0.421. The Balaban J connectivity index is 1.25. The Hall–Kier alpha value is -2.70. The fourth-order valence-electron chi connectivity index (χ4n) is 5.29. The van der Waals surface area contributed by atoms with Gasteiger partial charge in [0.05, 0.1) is 19.8 Å². The highest BCUT2D eigenvalue weighted by molar-refractivity contribution is 8.01. The summed E-state index contributed by atoms with van der Waals surface area (Å²) in [5, 5.41) is 0.904. The topological polar surface area (TPSA) is 21.7 Å². The summed E-state index contributed by atoms with van der Waals surface area (Å²) in [5.74, 6) is 1.35. The summed E-state index contributed by atoms with van der Waals surface area (Å²) in [7, 11) is 2.27. The number of rotatable bonds is 12. The summed E-state index contributed by atoms with van der Waals surface area (Å²) in [5.41, 5.74) is 5.21. The molecule has 214 valence electrons. The van der Waals surface area contributed by atoms with Crippen molar-refractivity contribution in [1.82, 2.24) is 4.90 Å². The van der Waals surface area contributed by atoms with E-state index < -0.39 is 0 Å². The van der Waals surface area contributed by atoms with Gasteiger partial charge in [0.15, 0.2) is 0 Å². The molecule has 0 unspecified atom stereocenters. The average Bonchev–Trinajstić information content (AvgIpc) is 2.98. The van der Waals surface area contributed by atoms with Crippen LogP contribution in [0.5, 0.6) is 5.75 Å². The molecule has 4 aromatic rings. The minimum Gasteiger partial charge on any atom is -0.494 e. The molecule has 1 aliphatic rings. The van der Waals surface area contributed by atoms with Crippen LogP contribution < -0.4 is 4.74 Å². The molecule has 5 heteroatoms. The third-order valence-corrected chi connectivity index (χ3v) is 10.1. The van der Waals surface area contributed by atoms with E-state index in [-0.39, 0.29) is 0 Å². The average molecular weight is 584 g/mol. The standard InChI is InChI=1S/C36H41NO2S2/c1-27-10-18-32(19-11-27)40-34-24-37(3)25-35(41-33-20-12-28(2)13-21-33)36(34)30-14-16-31(17-15-30)39-23-7-22-38-26-29-8-5-4-6-9-29/h4-6,8-21,34-36H,7,22-26H2,1-3H3/t34-,35+,36-. The van der Waals surface area contributed by atoms with E-state index >= 15 is 0 Å². The first-order chi connectivity index (χ1) is 20.0. The number of aryl methyl sites for hydroxylation is 2. The lowest BCUT2D eigenvalue weighted by Crippen LogP contribution is -2.46. The summed E-state index contributed by atoms with van der Waals surface area (Å²) in [6.45, 7) is 8.43. The van der Waals surface area contributed by atoms with Crippen molar-refractivity contribution >= 4 is 23.5 Å². The summed E-state index contributed by atoms with van der Waals surface area (Å²) in [6.07, 6.45) is 0.869. The molecule has 0 aliphatic carbocycles. The molecule has 0 N–H and O–H groups in total. The van der Waals surface area contributed by atoms with Gasteiger partial charge in [-0.1, -0.05) is 77.9 Å². The van der Waals surface area contributed by atoms with Crippen LogP contribution in [0.25, 0.3) is 0 Å². The number of thioether (sulfide) groups is 2. The number of piperidine rings is 1. The zero-order valence-electron chi connectivity index (χ0n) is 24.4. The molecule has 4 aromatic carbocycles. The predicted molar refractivity (Wildman–Crippen MR) is 175 cm³/mol. The second-order valence-corrected chi connectivity index (χ2v) is 13.6. The summed E-state index contributed by atoms with van der Waals surface area (Å²) in [6, 6.07) is 37.2. The molecular formula is C36H41NO2S2. The smallest absolute Gasteiger partial charge is 0.119 e. The van der Waals surface area contributed by atoms with E-state index in [0.717, 1.165) is 25.3 Å². The second-order valence-electron chi connectivity index (χ2n) is 11.0. The van der Waals surface area contributed by atoms with Crippen molar-refractivity contribution in [1.29, 1.82) is 0 Å². The lowest BCUT2D eigenvalue weighted by molar-refractivity contribution is 0.107. The second kappa shape index (κ2) is 15.0. The number of hydrogen-bond donors (Lipinski definition) is 0. The van der Waals surface area contributed by atoms with E-state index in [1.165, 1.54) is 32.0 Å². The summed E-state index contributed by atoms with van der Waals surface area (Å²) in [4.78, 5) is 5.19. The van der Waals surface area contributed by atoms with E-state index in [9.17, 15) is 0 Å². The molecule has 0 saturated carbocycles. The first-order valence-corrected chi connectivity index (χ1v) is 16.3. The Morgan fingerprint density at radius 3 is 1.80 bits per heavy atom. The van der Waals surface area contributed by atoms with Crippen LogP contribution >= 0.6 is 23.5 Å². The molecule has 5 rings (SSSR count). The number of nitrogens with zero attached hydrogens (tertiary/aromatic N) is 1. The molecule has 3 atom stereocenters. The largest absolute Gasteiger partial charge is 0.494 e. The fourth-order valence-corrected chi connectivity index (χ4v) is 8.32. The maximum absolute atomic E-state index is 6.09. The van der Waals surface area contributed by atoms with E-state index in [1.54, 1.807) is 0 Å². The highest BCUT2D eigenvalue weighted by atomic mass is 32.2. The monoisotopic (exact) mass is 583 g/mol. The van der Waals surface area contributed by atoms with Crippen LogP contribution in [0.4, 0.5) is 0 Å². The lowest BCUT2D eigenvalue weighted by atomic mass is 9.88. The molecule has 0 amide bonds. The van der Waals surface area contributed by atoms with Crippen molar-refractivity contribution in [2.45, 2.75) is 53.1 Å². The first kappa shape index (κ1) is 29.8. The van der Waals surface area contributed by atoms with Crippen molar-refractivity contribution in [3.63, 3.8) is 0 Å². The van der Waals surface area contributed by atoms with Crippen LogP contribution in [0.2, 0.25) is 0 Å². The Morgan fingerprint density at radius 2 is 1.24 bits per heavy atom. The zero-order chi connectivity index (χ0) is 28.4. The van der Waals surface area contributed by atoms with Gasteiger partial charge >= 0.3 is 0 Å². The van der Waals surface area contributed by atoms with Gasteiger partial charge < -0.3 is 14.4 Å². The lowest BCUT2D eigenvalue weighted by Gasteiger charge is -2.42. The molecule has 1 saturated heterocycles. The molecule has 41 heavy (non-hydrogen) atoms. The zero-order valence-corrected chi connectivity index (χ0v) is 26.0. The maximum Gasteiger partial charge on any atom is 0.119 e. The SMILES string of the molecule is Cc1ccc(S[C@H]2CN(C)C[C@@H](Sc3ccc(C)cc3)[C@H]2c2ccc(OCCCOCc3ccccc3)cc2)cc1. The van der Waals surface area contributed by atoms with Crippen LogP contribution in [0, 0.1) is 13.8 Å². The van der Waals surface area contributed by atoms with Crippen LogP contribution in [0.15, 0.2) is 113 Å². The first-order valence-electron chi connectivity index (χ1n) is 14.5. The van der Waals surface area contributed by atoms with Crippen molar-refractivity contribution in [3.05, 3.63) is 125 Å². The molecule has 0 spiro atoms. The Labute approximate surface area is 254 Å². The number of hydrogen-bond acceptors (Lipinski definition) is 5. The van der Waals surface area contributed by atoms with Crippen molar-refractivity contribution in [2.75, 3.05) is 33.4 Å². The molecule has 1 heterocycles. The van der Waals surface area contributed by atoms with Gasteiger partial charge in [0, 0.05) is 45.7 Å². The Bertz CT molecular complexity index is 1270. The van der Waals surface area contributed by atoms with E-state index in [0.29, 0.717) is 36.2 Å². The van der Waals surface area contributed by atoms with Crippen molar-refractivity contribution in [2.24, 2.45) is 0 Å². The van der Waals surface area contributed by atoms with Crippen LogP contribution in [0.1, 0.15) is 34.6 Å². The van der Waals surface area contributed by atoms with E-state index in [2.05, 4.69) is 111 Å². The Kier molecular flexibility index (Phi) is 10.9. The summed E-state index contributed by atoms with van der Waals surface area (Å²) < 4.78 is 11.9. The van der Waals surface area contributed by atoms with Gasteiger partial charge in [0.1, 0.15) is 5.75 Å². The summed E-state index contributed by atoms with van der Waals surface area (Å²) >= 11 is 4.04. The number of ether oxygens (including phenoxy) is 2. The van der Waals surface area contributed by atoms with Gasteiger partial charge in [-0.15, -0.1) is 23.5 Å². The van der Waals surface area contributed by atoms with Gasteiger partial charge in [0.2, 0.25) is 0 Å². The Morgan fingerprint density at radius 1 is 0.683 bits per heavy atom. The maximum atomic E-state index is 6.09. The molecule has 1 fully saturated rings. The fraction of sp³-hybridized carbons (Fsp3) is 0.333. The van der Waals surface area contributed by atoms with Crippen molar-refractivity contribution in [3.8, 4) is 5.75 Å².